The molecule has 8 nitrogen and oxygen atoms in total. The van der Waals surface area contributed by atoms with Crippen LogP contribution in [-0.4, -0.2) is 57.7 Å². The van der Waals surface area contributed by atoms with Gasteiger partial charge < -0.3 is 19.9 Å². The molecule has 0 bridgehead atoms. The summed E-state index contributed by atoms with van der Waals surface area (Å²) in [5.74, 6) is -1.10. The zero-order valence-electron chi connectivity index (χ0n) is 18.6. The number of H-pyrrole nitrogens is 2. The number of likely N-dealkylation sites (tertiary alicyclic amines) is 1. The van der Waals surface area contributed by atoms with Crippen LogP contribution < -0.4 is 10.1 Å². The van der Waals surface area contributed by atoms with Crippen molar-refractivity contribution in [1.82, 2.24) is 25.1 Å². The van der Waals surface area contributed by atoms with Crippen LogP contribution in [0.3, 0.4) is 0 Å². The SMILES string of the molecule is CN1CCC(COc2ccc3nc(-c4[nH]ncc4NC(=O)c4c(F)cccc4F)[nH]c3c2)CC1. The summed E-state index contributed by atoms with van der Waals surface area (Å²) in [6.07, 6.45) is 3.60. The number of rotatable bonds is 6. The summed E-state index contributed by atoms with van der Waals surface area (Å²) in [5, 5.41) is 9.22. The first-order chi connectivity index (χ1) is 16.5. The molecule has 1 fully saturated rings. The van der Waals surface area contributed by atoms with Crippen LogP contribution in [0.15, 0.2) is 42.6 Å². The molecule has 2 aromatic heterocycles. The lowest BCUT2D eigenvalue weighted by molar-refractivity contribution is 0.101. The number of nitrogens with one attached hydrogen (secondary N) is 3. The van der Waals surface area contributed by atoms with Crippen LogP contribution in [0.25, 0.3) is 22.6 Å². The summed E-state index contributed by atoms with van der Waals surface area (Å²) < 4.78 is 34.0. The van der Waals surface area contributed by atoms with Gasteiger partial charge in [0.25, 0.3) is 5.91 Å². The minimum Gasteiger partial charge on any atom is -0.493 e. The Labute approximate surface area is 194 Å². The molecule has 1 aliphatic rings. The molecule has 0 unspecified atom stereocenters. The fraction of sp³-hybridized carbons (Fsp3) is 0.292. The summed E-state index contributed by atoms with van der Waals surface area (Å²) in [5.41, 5.74) is 1.42. The maximum absolute atomic E-state index is 14.0. The van der Waals surface area contributed by atoms with Crippen molar-refractivity contribution >= 4 is 22.6 Å². The lowest BCUT2D eigenvalue weighted by Crippen LogP contribution is -2.32. The molecule has 0 radical (unpaired) electrons. The Morgan fingerprint density at radius 2 is 1.97 bits per heavy atom. The fourth-order valence-corrected chi connectivity index (χ4v) is 4.10. The largest absolute Gasteiger partial charge is 0.493 e. The summed E-state index contributed by atoms with van der Waals surface area (Å²) in [6.45, 7) is 2.84. The van der Waals surface area contributed by atoms with Crippen molar-refractivity contribution in [2.45, 2.75) is 12.8 Å². The molecule has 176 valence electrons. The summed E-state index contributed by atoms with van der Waals surface area (Å²) in [6, 6.07) is 8.86. The first-order valence-electron chi connectivity index (χ1n) is 11.1. The number of piperidine rings is 1. The summed E-state index contributed by atoms with van der Waals surface area (Å²) >= 11 is 0. The number of anilines is 1. The van der Waals surface area contributed by atoms with Crippen molar-refractivity contribution in [3.63, 3.8) is 0 Å². The average molecular weight is 466 g/mol. The summed E-state index contributed by atoms with van der Waals surface area (Å²) in [7, 11) is 2.13. The van der Waals surface area contributed by atoms with Crippen LogP contribution >= 0.6 is 0 Å². The fourth-order valence-electron chi connectivity index (χ4n) is 4.10. The number of hydrogen-bond acceptors (Lipinski definition) is 5. The minimum atomic E-state index is -0.945. The molecule has 2 aromatic carbocycles. The Balaban J connectivity index is 1.32. The molecule has 3 heterocycles. The molecule has 0 saturated carbocycles. The number of amides is 1. The number of carbonyl (C=O) groups excluding carboxylic acids is 1. The number of ether oxygens (including phenoxy) is 1. The van der Waals surface area contributed by atoms with E-state index < -0.39 is 23.1 Å². The lowest BCUT2D eigenvalue weighted by Gasteiger charge is -2.28. The Morgan fingerprint density at radius 1 is 1.21 bits per heavy atom. The van der Waals surface area contributed by atoms with Crippen LogP contribution in [0.2, 0.25) is 0 Å². The molecule has 1 aliphatic heterocycles. The molecule has 5 rings (SSSR count). The van der Waals surface area contributed by atoms with Crippen LogP contribution in [-0.2, 0) is 0 Å². The van der Waals surface area contributed by atoms with E-state index in [0.717, 1.165) is 49.3 Å². The second-order valence-electron chi connectivity index (χ2n) is 8.53. The van der Waals surface area contributed by atoms with Crippen LogP contribution in [0.1, 0.15) is 23.2 Å². The number of nitrogens with zero attached hydrogens (tertiary/aromatic N) is 3. The maximum atomic E-state index is 14.0. The van der Waals surface area contributed by atoms with E-state index in [1.165, 1.54) is 12.3 Å². The Hall–Kier alpha value is -3.79. The number of aromatic nitrogens is 4. The van der Waals surface area contributed by atoms with E-state index in [4.69, 9.17) is 4.74 Å². The van der Waals surface area contributed by atoms with E-state index in [1.54, 1.807) is 0 Å². The molecule has 1 saturated heterocycles. The standard InChI is InChI=1S/C24H24F2N6O2/c1-32-9-7-14(8-10-32)13-34-15-5-6-18-19(11-15)29-23(28-18)22-20(12-27-31-22)30-24(33)21-16(25)3-2-4-17(21)26/h2-6,11-12,14H,7-10,13H2,1H3,(H,27,31)(H,28,29)(H,30,33). The highest BCUT2D eigenvalue weighted by Gasteiger charge is 2.21. The van der Waals surface area contributed by atoms with E-state index in [2.05, 4.69) is 37.4 Å². The first kappa shape index (κ1) is 22.0. The van der Waals surface area contributed by atoms with E-state index in [9.17, 15) is 13.6 Å². The van der Waals surface area contributed by atoms with Crippen molar-refractivity contribution < 1.29 is 18.3 Å². The van der Waals surface area contributed by atoms with Gasteiger partial charge in [-0.15, -0.1) is 0 Å². The first-order valence-corrected chi connectivity index (χ1v) is 11.1. The average Bonchev–Trinajstić information content (AvgIpc) is 3.44. The van der Waals surface area contributed by atoms with E-state index in [-0.39, 0.29) is 5.69 Å². The van der Waals surface area contributed by atoms with Crippen LogP contribution in [0, 0.1) is 17.6 Å². The predicted molar refractivity (Wildman–Crippen MR) is 124 cm³/mol. The van der Waals surface area contributed by atoms with Crippen molar-refractivity contribution in [1.29, 1.82) is 0 Å². The normalized spacial score (nSPS) is 15.0. The van der Waals surface area contributed by atoms with Gasteiger partial charge in [0, 0.05) is 6.07 Å². The number of halogens is 2. The zero-order valence-corrected chi connectivity index (χ0v) is 18.6. The molecule has 4 aromatic rings. The molecular formula is C24H24F2N6O2. The van der Waals surface area contributed by atoms with Gasteiger partial charge in [-0.05, 0) is 63.2 Å². The lowest BCUT2D eigenvalue weighted by atomic mass is 9.98. The number of fused-ring (bicyclic) bond motifs is 1. The number of aromatic amines is 2. The highest BCUT2D eigenvalue weighted by Crippen LogP contribution is 2.28. The Morgan fingerprint density at radius 3 is 2.74 bits per heavy atom. The van der Waals surface area contributed by atoms with E-state index in [0.29, 0.717) is 29.6 Å². The highest BCUT2D eigenvalue weighted by atomic mass is 19.1. The monoisotopic (exact) mass is 466 g/mol. The molecule has 1 amide bonds. The Bertz CT molecular complexity index is 1310. The van der Waals surface area contributed by atoms with Crippen LogP contribution in [0.4, 0.5) is 14.5 Å². The van der Waals surface area contributed by atoms with Gasteiger partial charge in [-0.2, -0.15) is 5.10 Å². The number of benzene rings is 2. The Kier molecular flexibility index (Phi) is 5.97. The van der Waals surface area contributed by atoms with Gasteiger partial charge in [-0.1, -0.05) is 6.07 Å². The number of carbonyl (C=O) groups is 1. The molecule has 3 N–H and O–H groups in total. The molecule has 0 aliphatic carbocycles. The van der Waals surface area contributed by atoms with Crippen molar-refractivity contribution in [2.24, 2.45) is 5.92 Å². The predicted octanol–water partition coefficient (Wildman–Crippen LogP) is 4.20. The van der Waals surface area contributed by atoms with Gasteiger partial charge in [0.15, 0.2) is 5.82 Å². The van der Waals surface area contributed by atoms with Crippen molar-refractivity contribution in [3.8, 4) is 17.3 Å². The third-order valence-electron chi connectivity index (χ3n) is 6.09. The second-order valence-corrected chi connectivity index (χ2v) is 8.53. The molecule has 34 heavy (non-hydrogen) atoms. The number of hydrogen-bond donors (Lipinski definition) is 3. The molecular weight excluding hydrogens is 442 g/mol. The number of imidazole rings is 1. The van der Waals surface area contributed by atoms with Gasteiger partial charge in [0.2, 0.25) is 0 Å². The molecule has 0 atom stereocenters. The second kappa shape index (κ2) is 9.22. The molecule has 0 spiro atoms. The zero-order chi connectivity index (χ0) is 23.7. The third kappa shape index (κ3) is 4.49. The molecule has 10 heteroatoms. The van der Waals surface area contributed by atoms with E-state index >= 15 is 0 Å². The topological polar surface area (TPSA) is 98.9 Å². The van der Waals surface area contributed by atoms with Crippen molar-refractivity contribution in [3.05, 3.63) is 59.8 Å². The minimum absolute atomic E-state index is 0.241. The van der Waals surface area contributed by atoms with Gasteiger partial charge in [-0.3, -0.25) is 9.89 Å². The van der Waals surface area contributed by atoms with Crippen LogP contribution in [0.5, 0.6) is 5.75 Å². The van der Waals surface area contributed by atoms with Gasteiger partial charge in [0.1, 0.15) is 28.6 Å². The maximum Gasteiger partial charge on any atom is 0.261 e. The van der Waals surface area contributed by atoms with Gasteiger partial charge in [-0.25, -0.2) is 13.8 Å². The van der Waals surface area contributed by atoms with Gasteiger partial charge >= 0.3 is 0 Å². The quantitative estimate of drug-likeness (QED) is 0.396. The third-order valence-corrected chi connectivity index (χ3v) is 6.09. The summed E-state index contributed by atoms with van der Waals surface area (Å²) in [4.78, 5) is 22.6. The van der Waals surface area contributed by atoms with E-state index in [1.807, 2.05) is 18.2 Å². The van der Waals surface area contributed by atoms with Gasteiger partial charge in [0.05, 0.1) is 29.5 Å². The smallest absolute Gasteiger partial charge is 0.261 e. The highest BCUT2D eigenvalue weighted by molar-refractivity contribution is 6.06. The van der Waals surface area contributed by atoms with Crippen molar-refractivity contribution in [2.75, 3.05) is 32.1 Å².